The van der Waals surface area contributed by atoms with Crippen LogP contribution in [0.3, 0.4) is 0 Å². The maximum atomic E-state index is 5.37. The van der Waals surface area contributed by atoms with Crippen LogP contribution < -0.4 is 10.1 Å². The molecular formula is C12H18BrNO2. The third kappa shape index (κ3) is 3.47. The van der Waals surface area contributed by atoms with E-state index in [4.69, 9.17) is 9.47 Å². The smallest absolute Gasteiger partial charge is 0.122 e. The van der Waals surface area contributed by atoms with Crippen LogP contribution >= 0.6 is 15.9 Å². The molecule has 0 aliphatic carbocycles. The Labute approximate surface area is 105 Å². The minimum atomic E-state index is 0.294. The standard InChI is InChI=1S/C12H18BrNO2/c1-14-7-9(8-15-2)11-6-10(13)4-5-12(11)16-3/h4-6,9,14H,7-8H2,1-3H3. The lowest BCUT2D eigenvalue weighted by molar-refractivity contribution is 0.177. The number of halogens is 1. The van der Waals surface area contributed by atoms with E-state index in [-0.39, 0.29) is 0 Å². The van der Waals surface area contributed by atoms with E-state index in [1.165, 1.54) is 0 Å². The summed E-state index contributed by atoms with van der Waals surface area (Å²) in [6, 6.07) is 6.03. The molecule has 0 spiro atoms. The third-order valence-corrected chi connectivity index (χ3v) is 2.94. The van der Waals surface area contributed by atoms with Gasteiger partial charge in [-0.2, -0.15) is 0 Å². The summed E-state index contributed by atoms with van der Waals surface area (Å²) in [6.45, 7) is 1.54. The van der Waals surface area contributed by atoms with Crippen LogP contribution in [0, 0.1) is 0 Å². The van der Waals surface area contributed by atoms with Gasteiger partial charge in [-0.3, -0.25) is 0 Å². The molecule has 16 heavy (non-hydrogen) atoms. The molecule has 0 amide bonds. The fraction of sp³-hybridized carbons (Fsp3) is 0.500. The van der Waals surface area contributed by atoms with Crippen molar-refractivity contribution < 1.29 is 9.47 Å². The molecule has 0 aliphatic rings. The highest BCUT2D eigenvalue weighted by molar-refractivity contribution is 9.10. The Kier molecular flexibility index (Phi) is 5.80. The van der Waals surface area contributed by atoms with Gasteiger partial charge in [-0.15, -0.1) is 0 Å². The molecule has 1 aromatic carbocycles. The van der Waals surface area contributed by atoms with Crippen LogP contribution in [-0.4, -0.2) is 34.4 Å². The van der Waals surface area contributed by atoms with Gasteiger partial charge in [-0.1, -0.05) is 15.9 Å². The van der Waals surface area contributed by atoms with Gasteiger partial charge in [0.05, 0.1) is 13.7 Å². The highest BCUT2D eigenvalue weighted by Gasteiger charge is 2.15. The van der Waals surface area contributed by atoms with Crippen molar-refractivity contribution in [3.05, 3.63) is 28.2 Å². The lowest BCUT2D eigenvalue weighted by Crippen LogP contribution is -2.21. The molecule has 0 aliphatic heterocycles. The van der Waals surface area contributed by atoms with E-state index >= 15 is 0 Å². The van der Waals surface area contributed by atoms with Gasteiger partial charge >= 0.3 is 0 Å². The van der Waals surface area contributed by atoms with E-state index in [9.17, 15) is 0 Å². The van der Waals surface area contributed by atoms with Gasteiger partial charge in [-0.25, -0.2) is 0 Å². The lowest BCUT2D eigenvalue weighted by Gasteiger charge is -2.19. The van der Waals surface area contributed by atoms with Crippen molar-refractivity contribution >= 4 is 15.9 Å². The Bertz CT molecular complexity index is 325. The van der Waals surface area contributed by atoms with Crippen molar-refractivity contribution in [2.24, 2.45) is 0 Å². The average Bonchev–Trinajstić information content (AvgIpc) is 2.29. The Morgan fingerprint density at radius 1 is 1.38 bits per heavy atom. The predicted octanol–water partition coefficient (Wildman–Crippen LogP) is 2.41. The maximum Gasteiger partial charge on any atom is 0.122 e. The van der Waals surface area contributed by atoms with Gasteiger partial charge in [0.1, 0.15) is 5.75 Å². The van der Waals surface area contributed by atoms with E-state index in [1.54, 1.807) is 14.2 Å². The summed E-state index contributed by atoms with van der Waals surface area (Å²) in [5.74, 6) is 1.20. The Morgan fingerprint density at radius 2 is 2.12 bits per heavy atom. The normalized spacial score (nSPS) is 12.5. The zero-order valence-electron chi connectivity index (χ0n) is 9.92. The topological polar surface area (TPSA) is 30.5 Å². The number of likely N-dealkylation sites (N-methyl/N-ethyl adjacent to an activating group) is 1. The van der Waals surface area contributed by atoms with Gasteiger partial charge in [0.15, 0.2) is 0 Å². The first-order valence-corrected chi connectivity index (χ1v) is 5.99. The first-order chi connectivity index (χ1) is 7.72. The van der Waals surface area contributed by atoms with Gasteiger partial charge in [0.25, 0.3) is 0 Å². The molecule has 3 nitrogen and oxygen atoms in total. The molecule has 0 fully saturated rings. The molecule has 1 N–H and O–H groups in total. The van der Waals surface area contributed by atoms with Crippen molar-refractivity contribution in [2.75, 3.05) is 34.4 Å². The molecule has 0 radical (unpaired) electrons. The molecule has 0 aromatic heterocycles. The third-order valence-electron chi connectivity index (χ3n) is 2.45. The number of methoxy groups -OCH3 is 2. The van der Waals surface area contributed by atoms with Gasteiger partial charge in [0.2, 0.25) is 0 Å². The molecule has 1 rings (SSSR count). The van der Waals surface area contributed by atoms with E-state index in [0.717, 1.165) is 22.3 Å². The summed E-state index contributed by atoms with van der Waals surface area (Å²) >= 11 is 3.48. The largest absolute Gasteiger partial charge is 0.496 e. The van der Waals surface area contributed by atoms with Crippen molar-refractivity contribution in [3.63, 3.8) is 0 Å². The molecule has 0 saturated carbocycles. The van der Waals surface area contributed by atoms with Crippen LogP contribution in [0.25, 0.3) is 0 Å². The molecular weight excluding hydrogens is 270 g/mol. The highest BCUT2D eigenvalue weighted by atomic mass is 79.9. The number of nitrogens with one attached hydrogen (secondary N) is 1. The molecule has 0 saturated heterocycles. The quantitative estimate of drug-likeness (QED) is 0.872. The van der Waals surface area contributed by atoms with Crippen molar-refractivity contribution in [2.45, 2.75) is 5.92 Å². The molecule has 1 atom stereocenters. The highest BCUT2D eigenvalue weighted by Crippen LogP contribution is 2.29. The summed E-state index contributed by atoms with van der Waals surface area (Å²) in [5.41, 5.74) is 1.16. The lowest BCUT2D eigenvalue weighted by atomic mass is 9.99. The molecule has 1 unspecified atom stereocenters. The van der Waals surface area contributed by atoms with E-state index in [0.29, 0.717) is 12.5 Å². The van der Waals surface area contributed by atoms with Crippen LogP contribution in [0.5, 0.6) is 5.75 Å². The minimum absolute atomic E-state index is 0.294. The van der Waals surface area contributed by atoms with Gasteiger partial charge in [0, 0.05) is 29.6 Å². The average molecular weight is 288 g/mol. The van der Waals surface area contributed by atoms with Crippen molar-refractivity contribution in [1.82, 2.24) is 5.32 Å². The number of hydrogen-bond donors (Lipinski definition) is 1. The zero-order valence-corrected chi connectivity index (χ0v) is 11.5. The monoisotopic (exact) mass is 287 g/mol. The summed E-state index contributed by atoms with van der Waals surface area (Å²) in [5, 5.41) is 3.17. The van der Waals surface area contributed by atoms with Crippen LogP contribution in [0.2, 0.25) is 0 Å². The molecule has 0 heterocycles. The molecule has 4 heteroatoms. The summed E-state index contributed by atoms with van der Waals surface area (Å²) < 4.78 is 11.7. The van der Waals surface area contributed by atoms with Crippen LogP contribution in [0.4, 0.5) is 0 Å². The first-order valence-electron chi connectivity index (χ1n) is 5.20. The van der Waals surface area contributed by atoms with Gasteiger partial charge in [-0.05, 0) is 25.2 Å². The van der Waals surface area contributed by atoms with Gasteiger partial charge < -0.3 is 14.8 Å². The number of ether oxygens (including phenoxy) is 2. The Balaban J connectivity index is 3.00. The summed E-state index contributed by atoms with van der Waals surface area (Å²) in [7, 11) is 5.34. The predicted molar refractivity (Wildman–Crippen MR) is 69.2 cm³/mol. The SMILES string of the molecule is CNCC(COC)c1cc(Br)ccc1OC. The van der Waals surface area contributed by atoms with Crippen molar-refractivity contribution in [1.29, 1.82) is 0 Å². The second kappa shape index (κ2) is 6.89. The van der Waals surface area contributed by atoms with Crippen molar-refractivity contribution in [3.8, 4) is 5.75 Å². The summed E-state index contributed by atoms with van der Waals surface area (Å²) in [6.07, 6.45) is 0. The Hall–Kier alpha value is -0.580. The Morgan fingerprint density at radius 3 is 2.69 bits per heavy atom. The second-order valence-electron chi connectivity index (χ2n) is 3.60. The van der Waals surface area contributed by atoms with Crippen LogP contribution in [0.1, 0.15) is 11.5 Å². The van der Waals surface area contributed by atoms with Crippen LogP contribution in [0.15, 0.2) is 22.7 Å². The van der Waals surface area contributed by atoms with E-state index < -0.39 is 0 Å². The van der Waals surface area contributed by atoms with Crippen LogP contribution in [-0.2, 0) is 4.74 Å². The number of benzene rings is 1. The molecule has 90 valence electrons. The number of hydrogen-bond acceptors (Lipinski definition) is 3. The second-order valence-corrected chi connectivity index (χ2v) is 4.51. The van der Waals surface area contributed by atoms with E-state index in [1.807, 2.05) is 19.2 Å². The fourth-order valence-electron chi connectivity index (χ4n) is 1.73. The molecule has 1 aromatic rings. The summed E-state index contributed by atoms with van der Waals surface area (Å²) in [4.78, 5) is 0. The number of rotatable bonds is 6. The molecule has 0 bridgehead atoms. The zero-order chi connectivity index (χ0) is 12.0. The fourth-order valence-corrected chi connectivity index (χ4v) is 2.11. The minimum Gasteiger partial charge on any atom is -0.496 e. The maximum absolute atomic E-state index is 5.37. The van der Waals surface area contributed by atoms with E-state index in [2.05, 4.69) is 27.3 Å². The first kappa shape index (κ1) is 13.5.